The first-order valence-corrected chi connectivity index (χ1v) is 5.56. The van der Waals surface area contributed by atoms with Gasteiger partial charge in [-0.15, -0.1) is 0 Å². The molecular weight excluding hydrogens is 270 g/mol. The summed E-state index contributed by atoms with van der Waals surface area (Å²) in [6.45, 7) is -1.49. The normalized spacial score (nSPS) is 11.6. The number of nitrogens with two attached hydrogens (primary N) is 1. The number of hydrogen-bond donors (Lipinski definition) is 1. The molecule has 1 aromatic carbocycles. The second-order valence-corrected chi connectivity index (χ2v) is 4.19. The van der Waals surface area contributed by atoms with E-state index in [-0.39, 0.29) is 11.4 Å². The molecule has 8 heteroatoms. The molecule has 0 fully saturated rings. The number of hydrogen-bond acceptors (Lipinski definition) is 3. The van der Waals surface area contributed by atoms with Crippen molar-refractivity contribution >= 4 is 19.0 Å². The molecule has 0 atom stereocenters. The van der Waals surface area contributed by atoms with Crippen LogP contribution in [-0.4, -0.2) is 23.8 Å². The summed E-state index contributed by atoms with van der Waals surface area (Å²) in [6, 6.07) is 7.62. The Hall–Kier alpha value is -2.25. The van der Waals surface area contributed by atoms with Crippen LogP contribution in [0.3, 0.4) is 0 Å². The molecule has 0 unspecified atom stereocenters. The van der Waals surface area contributed by atoms with Crippen molar-refractivity contribution in [1.29, 1.82) is 0 Å². The van der Waals surface area contributed by atoms with Crippen LogP contribution in [0.2, 0.25) is 0 Å². The van der Waals surface area contributed by atoms with Crippen LogP contribution in [0.4, 0.5) is 18.9 Å². The molecule has 20 heavy (non-hydrogen) atoms. The average Bonchev–Trinajstić information content (AvgIpc) is 2.33. The Labute approximate surface area is 113 Å². The van der Waals surface area contributed by atoms with Crippen molar-refractivity contribution in [2.24, 2.45) is 0 Å². The Balaban J connectivity index is 2.54. The summed E-state index contributed by atoms with van der Waals surface area (Å²) in [6.07, 6.45) is -4.56. The number of alkyl halides is 3. The zero-order chi connectivity index (χ0) is 14.9. The molecule has 0 bridgehead atoms. The van der Waals surface area contributed by atoms with E-state index in [9.17, 15) is 18.0 Å². The Morgan fingerprint density at radius 3 is 2.60 bits per heavy atom. The van der Waals surface area contributed by atoms with Gasteiger partial charge in [0.05, 0.1) is 5.69 Å². The van der Waals surface area contributed by atoms with E-state index in [4.69, 9.17) is 13.6 Å². The van der Waals surface area contributed by atoms with Crippen LogP contribution in [0, 0.1) is 0 Å². The van der Waals surface area contributed by atoms with Gasteiger partial charge in [-0.3, -0.25) is 4.79 Å². The molecule has 0 aliphatic heterocycles. The molecule has 0 saturated heterocycles. The largest absolute Gasteiger partial charge is 0.408 e. The van der Waals surface area contributed by atoms with Crippen LogP contribution >= 0.6 is 0 Å². The van der Waals surface area contributed by atoms with Gasteiger partial charge < -0.3 is 5.73 Å². The Bertz CT molecular complexity index is 697. The molecular formula is C12H9BF3N3O. The summed E-state index contributed by atoms with van der Waals surface area (Å²) in [4.78, 5) is 11.5. The van der Waals surface area contributed by atoms with E-state index in [0.29, 0.717) is 15.7 Å². The van der Waals surface area contributed by atoms with Crippen LogP contribution in [0.25, 0.3) is 11.3 Å². The van der Waals surface area contributed by atoms with Crippen molar-refractivity contribution in [3.8, 4) is 11.3 Å². The molecule has 0 aliphatic carbocycles. The maximum Gasteiger partial charge on any atom is 0.408 e. The van der Waals surface area contributed by atoms with Crippen LogP contribution in [-0.2, 0) is 6.54 Å². The molecule has 2 rings (SSSR count). The summed E-state index contributed by atoms with van der Waals surface area (Å²) in [5, 5.41) is 3.68. The van der Waals surface area contributed by atoms with Crippen molar-refractivity contribution < 1.29 is 13.2 Å². The smallest absolute Gasteiger partial charge is 0.394 e. The van der Waals surface area contributed by atoms with Gasteiger partial charge in [0.15, 0.2) is 0 Å². The number of anilines is 1. The summed E-state index contributed by atoms with van der Waals surface area (Å²) < 4.78 is 37.5. The minimum atomic E-state index is -4.56. The van der Waals surface area contributed by atoms with E-state index in [2.05, 4.69) is 5.10 Å². The molecule has 1 heterocycles. The van der Waals surface area contributed by atoms with Crippen molar-refractivity contribution in [2.75, 3.05) is 5.73 Å². The third kappa shape index (κ3) is 3.20. The summed E-state index contributed by atoms with van der Waals surface area (Å²) in [7, 11) is 5.60. The van der Waals surface area contributed by atoms with Crippen LogP contribution < -0.4 is 16.8 Å². The van der Waals surface area contributed by atoms with Gasteiger partial charge in [0.1, 0.15) is 20.1 Å². The van der Waals surface area contributed by atoms with Crippen LogP contribution in [0.5, 0.6) is 0 Å². The van der Waals surface area contributed by atoms with Gasteiger partial charge in [0.2, 0.25) is 0 Å². The van der Waals surface area contributed by atoms with E-state index in [1.165, 1.54) is 12.1 Å². The number of nitrogens with zero attached hydrogens (tertiary/aromatic N) is 2. The maximum absolute atomic E-state index is 12.4. The summed E-state index contributed by atoms with van der Waals surface area (Å²) in [5.74, 6) is 0. The molecule has 102 valence electrons. The van der Waals surface area contributed by atoms with Gasteiger partial charge in [0, 0.05) is 5.56 Å². The fourth-order valence-corrected chi connectivity index (χ4v) is 1.68. The highest BCUT2D eigenvalue weighted by molar-refractivity contribution is 6.32. The van der Waals surface area contributed by atoms with E-state index in [1.807, 2.05) is 0 Å². The second-order valence-electron chi connectivity index (χ2n) is 4.19. The number of rotatable bonds is 2. The van der Waals surface area contributed by atoms with Crippen molar-refractivity contribution in [3.63, 3.8) is 0 Å². The average molecular weight is 279 g/mol. The lowest BCUT2D eigenvalue weighted by Crippen LogP contribution is -2.31. The van der Waals surface area contributed by atoms with Crippen molar-refractivity contribution in [2.45, 2.75) is 12.7 Å². The molecule has 2 N–H and O–H groups in total. The molecule has 0 saturated carbocycles. The molecule has 1 aromatic heterocycles. The van der Waals surface area contributed by atoms with Gasteiger partial charge in [-0.1, -0.05) is 29.7 Å². The highest BCUT2D eigenvalue weighted by Gasteiger charge is 2.29. The second kappa shape index (κ2) is 5.03. The van der Waals surface area contributed by atoms with Gasteiger partial charge >= 0.3 is 6.18 Å². The first-order valence-electron chi connectivity index (χ1n) is 5.56. The Morgan fingerprint density at radius 1 is 1.30 bits per heavy atom. The molecule has 0 amide bonds. The number of halogens is 3. The fourth-order valence-electron chi connectivity index (χ4n) is 1.68. The molecule has 2 radical (unpaired) electrons. The van der Waals surface area contributed by atoms with Gasteiger partial charge in [-0.2, -0.15) is 18.3 Å². The quantitative estimate of drug-likeness (QED) is 0.829. The lowest BCUT2D eigenvalue weighted by Gasteiger charge is -2.11. The zero-order valence-electron chi connectivity index (χ0n) is 10.2. The monoisotopic (exact) mass is 279 g/mol. The van der Waals surface area contributed by atoms with E-state index < -0.39 is 18.3 Å². The Kier molecular flexibility index (Phi) is 3.56. The van der Waals surface area contributed by atoms with E-state index >= 15 is 0 Å². The van der Waals surface area contributed by atoms with Crippen LogP contribution in [0.1, 0.15) is 0 Å². The topological polar surface area (TPSA) is 60.9 Å². The summed E-state index contributed by atoms with van der Waals surface area (Å²) in [5.41, 5.74) is 5.22. The number of benzene rings is 1. The van der Waals surface area contributed by atoms with E-state index in [0.717, 1.165) is 0 Å². The molecule has 4 nitrogen and oxygen atoms in total. The van der Waals surface area contributed by atoms with Crippen molar-refractivity contribution in [1.82, 2.24) is 9.78 Å². The van der Waals surface area contributed by atoms with Gasteiger partial charge in [-0.25, -0.2) is 4.68 Å². The Morgan fingerprint density at radius 2 is 2.00 bits per heavy atom. The first kappa shape index (κ1) is 14.2. The number of aromatic nitrogens is 2. The van der Waals surface area contributed by atoms with Gasteiger partial charge in [0.25, 0.3) is 5.56 Å². The maximum atomic E-state index is 12.4. The highest BCUT2D eigenvalue weighted by atomic mass is 19.4. The van der Waals surface area contributed by atoms with E-state index in [1.54, 1.807) is 18.2 Å². The minimum Gasteiger partial charge on any atom is -0.394 e. The first-order chi connectivity index (χ1) is 9.26. The van der Waals surface area contributed by atoms with Crippen molar-refractivity contribution in [3.05, 3.63) is 40.7 Å². The third-order valence-corrected chi connectivity index (χ3v) is 2.51. The molecule has 2 aromatic rings. The lowest BCUT2D eigenvalue weighted by atomic mass is 9.94. The summed E-state index contributed by atoms with van der Waals surface area (Å²) >= 11 is 0. The predicted molar refractivity (Wildman–Crippen MR) is 69.8 cm³/mol. The molecule has 0 aliphatic rings. The predicted octanol–water partition coefficient (Wildman–Crippen LogP) is 0.849. The fraction of sp³-hybridized carbons (Fsp3) is 0.167. The zero-order valence-corrected chi connectivity index (χ0v) is 10.2. The highest BCUT2D eigenvalue weighted by Crippen LogP contribution is 2.19. The van der Waals surface area contributed by atoms with Gasteiger partial charge in [-0.05, 0) is 6.07 Å². The minimum absolute atomic E-state index is 0.152. The SMILES string of the molecule is [B]c1cccc(-c2cc(N)c(=O)n(CC(F)(F)F)n2)c1. The third-order valence-electron chi connectivity index (χ3n) is 2.51. The molecule has 0 spiro atoms. The standard InChI is InChI=1S/C12H9BF3N3O/c13-8-3-1-2-7(4-8)10-5-9(17)11(20)19(18-10)6-12(14,15)16/h1-5H,6,17H2. The lowest BCUT2D eigenvalue weighted by molar-refractivity contribution is -0.143. The van der Waals surface area contributed by atoms with Crippen LogP contribution in [0.15, 0.2) is 35.1 Å². The number of nitrogen functional groups attached to an aromatic ring is 1.